The van der Waals surface area contributed by atoms with Gasteiger partial charge in [0.15, 0.2) is 0 Å². The van der Waals surface area contributed by atoms with Gasteiger partial charge in [0.05, 0.1) is 11.9 Å². The molecule has 1 aromatic rings. The molecule has 0 aliphatic carbocycles. The van der Waals surface area contributed by atoms with Gasteiger partial charge in [-0.25, -0.2) is 28.7 Å². The minimum Gasteiger partial charge on any atom is -0.244 e. The van der Waals surface area contributed by atoms with E-state index in [4.69, 9.17) is 0 Å². The van der Waals surface area contributed by atoms with E-state index in [1.807, 2.05) is 0 Å². The van der Waals surface area contributed by atoms with Crippen molar-refractivity contribution in [3.8, 4) is 0 Å². The maximum Gasteiger partial charge on any atom is 0.247 e. The Morgan fingerprint density at radius 1 is 1.20 bits per heavy atom. The summed E-state index contributed by atoms with van der Waals surface area (Å²) in [5, 5.41) is 3.53. The quantitative estimate of drug-likeness (QED) is 0.659. The molecule has 0 fully saturated rings. The van der Waals surface area contributed by atoms with Gasteiger partial charge in [-0.1, -0.05) is 0 Å². The highest BCUT2D eigenvalue weighted by molar-refractivity contribution is 8.05. The van der Waals surface area contributed by atoms with Gasteiger partial charge in [0.1, 0.15) is 6.33 Å². The second-order valence-electron chi connectivity index (χ2n) is 2.94. The van der Waals surface area contributed by atoms with Crippen molar-refractivity contribution >= 4 is 20.7 Å². The lowest BCUT2D eigenvalue weighted by atomic mass is 10.3. The Bertz CT molecular complexity index is 533. The van der Waals surface area contributed by atoms with Crippen LogP contribution in [0.2, 0.25) is 0 Å². The predicted molar refractivity (Wildman–Crippen MR) is 54.4 cm³/mol. The van der Waals surface area contributed by atoms with Gasteiger partial charge in [0, 0.05) is 24.2 Å². The van der Waals surface area contributed by atoms with Crippen LogP contribution < -0.4 is 5.32 Å². The van der Waals surface area contributed by atoms with Crippen LogP contribution in [-0.4, -0.2) is 29.8 Å². The van der Waals surface area contributed by atoms with Crippen LogP contribution in [0, 0.1) is 0 Å². The highest BCUT2D eigenvalue weighted by Crippen LogP contribution is 2.17. The topological polar surface area (TPSA) is 86.4 Å². The molecule has 15 heavy (non-hydrogen) atoms. The monoisotopic (exact) mass is 223 g/mol. The van der Waals surface area contributed by atoms with Crippen LogP contribution in [0.3, 0.4) is 0 Å². The predicted octanol–water partition coefficient (Wildman–Crippen LogP) is -0.206. The van der Waals surface area contributed by atoms with E-state index in [0.717, 1.165) is 6.26 Å². The molecule has 1 aromatic heterocycles. The SMILES string of the molecule is CS(=O)(=O)C1=NC(c2cncnc2)=C[N]1. The van der Waals surface area contributed by atoms with E-state index in [-0.39, 0.29) is 5.17 Å². The normalized spacial score (nSPS) is 15.5. The molecule has 0 saturated carbocycles. The van der Waals surface area contributed by atoms with Crippen LogP contribution in [0.5, 0.6) is 0 Å². The van der Waals surface area contributed by atoms with Crippen LogP contribution in [0.25, 0.3) is 5.70 Å². The zero-order chi connectivity index (χ0) is 10.9. The van der Waals surface area contributed by atoms with Crippen molar-refractivity contribution in [2.45, 2.75) is 0 Å². The van der Waals surface area contributed by atoms with E-state index in [2.05, 4.69) is 20.3 Å². The summed E-state index contributed by atoms with van der Waals surface area (Å²) in [6.07, 6.45) is 6.92. The van der Waals surface area contributed by atoms with E-state index in [0.29, 0.717) is 11.3 Å². The van der Waals surface area contributed by atoms with Crippen LogP contribution in [0.1, 0.15) is 5.56 Å². The highest BCUT2D eigenvalue weighted by Gasteiger charge is 2.20. The standard InChI is InChI=1S/C8H7N4O2S/c1-15(13,14)8-11-4-7(12-8)6-2-9-5-10-3-6/h2-5H,1H3. The third-order valence-corrected chi connectivity index (χ3v) is 2.56. The Kier molecular flexibility index (Phi) is 2.24. The Morgan fingerprint density at radius 2 is 1.87 bits per heavy atom. The van der Waals surface area contributed by atoms with Crippen molar-refractivity contribution in [3.63, 3.8) is 0 Å². The average molecular weight is 223 g/mol. The number of nitrogens with zero attached hydrogens (tertiary/aromatic N) is 4. The summed E-state index contributed by atoms with van der Waals surface area (Å²) < 4.78 is 22.2. The molecule has 0 aromatic carbocycles. The molecule has 0 N–H and O–H groups in total. The lowest BCUT2D eigenvalue weighted by Gasteiger charge is -1.94. The first kappa shape index (κ1) is 9.78. The summed E-state index contributed by atoms with van der Waals surface area (Å²) in [6.45, 7) is 0. The van der Waals surface area contributed by atoms with Crippen molar-refractivity contribution in [1.29, 1.82) is 0 Å². The second-order valence-corrected chi connectivity index (χ2v) is 4.85. The highest BCUT2D eigenvalue weighted by atomic mass is 32.2. The van der Waals surface area contributed by atoms with Gasteiger partial charge < -0.3 is 0 Å². The fraction of sp³-hybridized carbons (Fsp3) is 0.125. The number of hydrogen-bond acceptors (Lipinski definition) is 5. The maximum absolute atomic E-state index is 11.1. The van der Waals surface area contributed by atoms with E-state index in [1.54, 1.807) is 12.4 Å². The van der Waals surface area contributed by atoms with Gasteiger partial charge in [-0.2, -0.15) is 0 Å². The van der Waals surface area contributed by atoms with Crippen LogP contribution in [0.15, 0.2) is 29.9 Å². The Balaban J connectivity index is 2.34. The van der Waals surface area contributed by atoms with E-state index in [1.165, 1.54) is 12.5 Å². The summed E-state index contributed by atoms with van der Waals surface area (Å²) in [5.41, 5.74) is 1.09. The Labute approximate surface area is 86.7 Å². The van der Waals surface area contributed by atoms with Gasteiger partial charge in [-0.05, 0) is 0 Å². The number of aromatic nitrogens is 2. The van der Waals surface area contributed by atoms with Crippen LogP contribution in [0.4, 0.5) is 0 Å². The molecule has 0 saturated heterocycles. The van der Waals surface area contributed by atoms with Crippen LogP contribution in [-0.2, 0) is 9.84 Å². The van der Waals surface area contributed by atoms with Gasteiger partial charge in [-0.3, -0.25) is 0 Å². The number of amidine groups is 1. The molecular formula is C8H7N4O2S. The second kappa shape index (κ2) is 3.43. The fourth-order valence-electron chi connectivity index (χ4n) is 1.03. The average Bonchev–Trinajstić information content (AvgIpc) is 2.67. The molecule has 6 nitrogen and oxygen atoms in total. The summed E-state index contributed by atoms with van der Waals surface area (Å²) in [4.78, 5) is 11.5. The smallest absolute Gasteiger partial charge is 0.244 e. The zero-order valence-corrected chi connectivity index (χ0v) is 8.64. The Hall–Kier alpha value is -1.76. The van der Waals surface area contributed by atoms with Crippen LogP contribution >= 0.6 is 0 Å². The molecule has 1 radical (unpaired) electrons. The summed E-state index contributed by atoms with van der Waals surface area (Å²) in [5.74, 6) is 0. The molecule has 1 aliphatic rings. The summed E-state index contributed by atoms with van der Waals surface area (Å²) in [7, 11) is -3.35. The van der Waals surface area contributed by atoms with Gasteiger partial charge in [-0.15, -0.1) is 0 Å². The molecule has 2 heterocycles. The van der Waals surface area contributed by atoms with E-state index >= 15 is 0 Å². The van der Waals surface area contributed by atoms with E-state index in [9.17, 15) is 8.42 Å². The molecule has 7 heteroatoms. The fourth-order valence-corrected chi connectivity index (χ4v) is 1.53. The van der Waals surface area contributed by atoms with Crippen molar-refractivity contribution in [3.05, 3.63) is 30.5 Å². The first-order valence-corrected chi connectivity index (χ1v) is 5.91. The van der Waals surface area contributed by atoms with Gasteiger partial charge >= 0.3 is 0 Å². The molecule has 77 valence electrons. The lowest BCUT2D eigenvalue weighted by Crippen LogP contribution is -2.17. The first-order chi connectivity index (χ1) is 7.07. The summed E-state index contributed by atoms with van der Waals surface area (Å²) >= 11 is 0. The molecule has 0 unspecified atom stereocenters. The number of hydrogen-bond donors (Lipinski definition) is 0. The third-order valence-electron chi connectivity index (χ3n) is 1.70. The molecule has 0 spiro atoms. The number of rotatable bonds is 1. The first-order valence-electron chi connectivity index (χ1n) is 4.02. The number of aliphatic imine (C=N–C) groups is 1. The van der Waals surface area contributed by atoms with Gasteiger partial charge in [0.2, 0.25) is 15.0 Å². The van der Waals surface area contributed by atoms with Crippen molar-refractivity contribution in [2.75, 3.05) is 6.26 Å². The third kappa shape index (κ3) is 2.01. The zero-order valence-electron chi connectivity index (χ0n) is 7.82. The molecule has 2 rings (SSSR count). The maximum atomic E-state index is 11.1. The minimum atomic E-state index is -3.35. The largest absolute Gasteiger partial charge is 0.247 e. The Morgan fingerprint density at radius 3 is 2.40 bits per heavy atom. The van der Waals surface area contributed by atoms with Crippen molar-refractivity contribution < 1.29 is 8.42 Å². The number of sulfone groups is 1. The molecular weight excluding hydrogens is 216 g/mol. The van der Waals surface area contributed by atoms with Crippen molar-refractivity contribution in [2.24, 2.45) is 4.99 Å². The molecule has 0 atom stereocenters. The molecule has 0 bridgehead atoms. The van der Waals surface area contributed by atoms with Gasteiger partial charge in [0.25, 0.3) is 0 Å². The molecule has 0 amide bonds. The minimum absolute atomic E-state index is 0.179. The lowest BCUT2D eigenvalue weighted by molar-refractivity contribution is 0.611. The summed E-state index contributed by atoms with van der Waals surface area (Å²) in [6, 6.07) is 0. The van der Waals surface area contributed by atoms with E-state index < -0.39 is 9.84 Å². The van der Waals surface area contributed by atoms with Crippen molar-refractivity contribution in [1.82, 2.24) is 15.3 Å². The molecule has 1 aliphatic heterocycles.